The Kier molecular flexibility index (Phi) is 3.03. The van der Waals surface area contributed by atoms with Gasteiger partial charge in [-0.25, -0.2) is 4.39 Å². The first-order chi connectivity index (χ1) is 7.56. The normalized spacial score (nSPS) is 10.7. The number of nitrogen functional groups attached to an aromatic ring is 1. The molecular weight excluding hydrogens is 252 g/mol. The molecule has 0 aliphatic heterocycles. The number of nitrogens with two attached hydrogens (primary N) is 1. The first-order valence-electron chi connectivity index (χ1n) is 4.48. The minimum Gasteiger partial charge on any atom is -0.381 e. The first kappa shape index (κ1) is 11.2. The Morgan fingerprint density at radius 1 is 1.31 bits per heavy atom. The standard InChI is InChI=1S/C10H8Cl2FN3/c11-8-3-7(13)2-1-6(8)4-16-5-9(12)10(14)15-16/h1-3,5H,4H2,(H2,14,15). The molecule has 1 aromatic heterocycles. The van der Waals surface area contributed by atoms with Crippen LogP contribution in [0.3, 0.4) is 0 Å². The number of nitrogens with zero attached hydrogens (tertiary/aromatic N) is 2. The highest BCUT2D eigenvalue weighted by atomic mass is 35.5. The molecule has 0 saturated carbocycles. The summed E-state index contributed by atoms with van der Waals surface area (Å²) in [4.78, 5) is 0. The van der Waals surface area contributed by atoms with Gasteiger partial charge in [-0.2, -0.15) is 5.10 Å². The third-order valence-corrected chi connectivity index (χ3v) is 2.73. The van der Waals surface area contributed by atoms with E-state index in [0.29, 0.717) is 16.6 Å². The summed E-state index contributed by atoms with van der Waals surface area (Å²) in [6.45, 7) is 0.399. The van der Waals surface area contributed by atoms with Crippen molar-refractivity contribution in [1.29, 1.82) is 0 Å². The van der Waals surface area contributed by atoms with E-state index in [0.717, 1.165) is 5.56 Å². The molecule has 0 aliphatic carbocycles. The fraction of sp³-hybridized carbons (Fsp3) is 0.100. The van der Waals surface area contributed by atoms with Gasteiger partial charge in [-0.15, -0.1) is 0 Å². The van der Waals surface area contributed by atoms with Crippen LogP contribution in [0, 0.1) is 5.82 Å². The van der Waals surface area contributed by atoms with Crippen LogP contribution in [0.25, 0.3) is 0 Å². The third kappa shape index (κ3) is 2.28. The molecule has 84 valence electrons. The van der Waals surface area contributed by atoms with Gasteiger partial charge in [0, 0.05) is 11.2 Å². The quantitative estimate of drug-likeness (QED) is 0.902. The Bertz CT molecular complexity index is 505. The Hall–Kier alpha value is -1.26. The molecule has 2 aromatic rings. The van der Waals surface area contributed by atoms with Gasteiger partial charge in [0.25, 0.3) is 0 Å². The fourth-order valence-corrected chi connectivity index (χ4v) is 1.69. The van der Waals surface area contributed by atoms with Gasteiger partial charge in [0.1, 0.15) is 10.8 Å². The zero-order chi connectivity index (χ0) is 11.7. The number of halogens is 3. The summed E-state index contributed by atoms with van der Waals surface area (Å²) in [6, 6.07) is 4.20. The van der Waals surface area contributed by atoms with Crippen molar-refractivity contribution in [3.05, 3.63) is 45.8 Å². The van der Waals surface area contributed by atoms with Crippen LogP contribution in [0.2, 0.25) is 10.0 Å². The van der Waals surface area contributed by atoms with Crippen LogP contribution in [-0.4, -0.2) is 9.78 Å². The Morgan fingerprint density at radius 3 is 2.62 bits per heavy atom. The average molecular weight is 260 g/mol. The number of benzene rings is 1. The predicted molar refractivity (Wildman–Crippen MR) is 62.2 cm³/mol. The molecule has 2 rings (SSSR count). The zero-order valence-electron chi connectivity index (χ0n) is 8.12. The van der Waals surface area contributed by atoms with Crippen LogP contribution in [0.1, 0.15) is 5.56 Å². The molecule has 1 aromatic carbocycles. The van der Waals surface area contributed by atoms with E-state index in [9.17, 15) is 4.39 Å². The summed E-state index contributed by atoms with van der Waals surface area (Å²) in [5, 5.41) is 4.72. The van der Waals surface area contributed by atoms with Crippen molar-refractivity contribution in [2.45, 2.75) is 6.54 Å². The number of hydrogen-bond donors (Lipinski definition) is 1. The molecule has 0 bridgehead atoms. The van der Waals surface area contributed by atoms with E-state index >= 15 is 0 Å². The lowest BCUT2D eigenvalue weighted by molar-refractivity contribution is 0.624. The second kappa shape index (κ2) is 4.31. The molecule has 0 atom stereocenters. The van der Waals surface area contributed by atoms with Crippen molar-refractivity contribution in [2.75, 3.05) is 5.73 Å². The molecule has 2 N–H and O–H groups in total. The molecule has 0 unspecified atom stereocenters. The minimum absolute atomic E-state index is 0.264. The second-order valence-electron chi connectivity index (χ2n) is 3.30. The number of rotatable bonds is 2. The van der Waals surface area contributed by atoms with Crippen LogP contribution >= 0.6 is 23.2 Å². The smallest absolute Gasteiger partial charge is 0.164 e. The van der Waals surface area contributed by atoms with Gasteiger partial charge in [0.2, 0.25) is 0 Å². The molecule has 6 heteroatoms. The van der Waals surface area contributed by atoms with Crippen LogP contribution in [0.5, 0.6) is 0 Å². The van der Waals surface area contributed by atoms with E-state index in [4.69, 9.17) is 28.9 Å². The lowest BCUT2D eigenvalue weighted by Crippen LogP contribution is -2.01. The summed E-state index contributed by atoms with van der Waals surface area (Å²) in [5.41, 5.74) is 6.25. The van der Waals surface area contributed by atoms with Crippen molar-refractivity contribution in [3.63, 3.8) is 0 Å². The van der Waals surface area contributed by atoms with Gasteiger partial charge >= 0.3 is 0 Å². The average Bonchev–Trinajstić information content (AvgIpc) is 2.51. The van der Waals surface area contributed by atoms with Gasteiger partial charge < -0.3 is 5.73 Å². The van der Waals surface area contributed by atoms with Gasteiger partial charge in [0.05, 0.1) is 6.54 Å². The van der Waals surface area contributed by atoms with Gasteiger partial charge in [0.15, 0.2) is 5.82 Å². The van der Waals surface area contributed by atoms with E-state index in [-0.39, 0.29) is 11.6 Å². The lowest BCUT2D eigenvalue weighted by Gasteiger charge is -2.04. The Balaban J connectivity index is 2.27. The van der Waals surface area contributed by atoms with E-state index < -0.39 is 0 Å². The van der Waals surface area contributed by atoms with Crippen LogP contribution in [0.15, 0.2) is 24.4 Å². The highest BCUT2D eigenvalue weighted by Crippen LogP contribution is 2.20. The number of hydrogen-bond acceptors (Lipinski definition) is 2. The van der Waals surface area contributed by atoms with Crippen molar-refractivity contribution in [2.24, 2.45) is 0 Å². The second-order valence-corrected chi connectivity index (χ2v) is 4.11. The molecule has 0 aliphatic rings. The molecule has 0 saturated heterocycles. The van der Waals surface area contributed by atoms with Crippen LogP contribution in [-0.2, 0) is 6.54 Å². The summed E-state index contributed by atoms with van der Waals surface area (Å²) in [7, 11) is 0. The molecule has 0 amide bonds. The van der Waals surface area contributed by atoms with Crippen molar-refractivity contribution >= 4 is 29.0 Å². The predicted octanol–water partition coefficient (Wildman–Crippen LogP) is 2.96. The molecular formula is C10H8Cl2FN3. The van der Waals surface area contributed by atoms with Gasteiger partial charge in [-0.1, -0.05) is 29.3 Å². The van der Waals surface area contributed by atoms with Crippen molar-refractivity contribution in [1.82, 2.24) is 9.78 Å². The molecule has 0 spiro atoms. The zero-order valence-corrected chi connectivity index (χ0v) is 9.63. The molecule has 3 nitrogen and oxygen atoms in total. The van der Waals surface area contributed by atoms with Crippen LogP contribution < -0.4 is 5.73 Å². The molecule has 0 fully saturated rings. The van der Waals surface area contributed by atoms with E-state index in [1.165, 1.54) is 12.1 Å². The molecule has 16 heavy (non-hydrogen) atoms. The summed E-state index contributed by atoms with van der Waals surface area (Å²) >= 11 is 11.6. The fourth-order valence-electron chi connectivity index (χ4n) is 1.32. The van der Waals surface area contributed by atoms with Gasteiger partial charge in [-0.3, -0.25) is 4.68 Å². The molecule has 1 heterocycles. The van der Waals surface area contributed by atoms with Gasteiger partial charge in [-0.05, 0) is 17.7 Å². The number of anilines is 1. The molecule has 0 radical (unpaired) electrons. The largest absolute Gasteiger partial charge is 0.381 e. The number of aromatic nitrogens is 2. The summed E-state index contributed by atoms with van der Waals surface area (Å²) in [6.07, 6.45) is 1.59. The SMILES string of the molecule is Nc1nn(Cc2ccc(F)cc2Cl)cc1Cl. The Morgan fingerprint density at radius 2 is 2.06 bits per heavy atom. The van der Waals surface area contributed by atoms with E-state index in [2.05, 4.69) is 5.10 Å². The maximum atomic E-state index is 12.8. The third-order valence-electron chi connectivity index (χ3n) is 2.09. The summed E-state index contributed by atoms with van der Waals surface area (Å²) < 4.78 is 14.4. The topological polar surface area (TPSA) is 43.8 Å². The lowest BCUT2D eigenvalue weighted by atomic mass is 10.2. The van der Waals surface area contributed by atoms with Crippen molar-refractivity contribution < 1.29 is 4.39 Å². The van der Waals surface area contributed by atoms with E-state index in [1.807, 2.05) is 0 Å². The maximum absolute atomic E-state index is 12.8. The summed E-state index contributed by atoms with van der Waals surface area (Å²) in [5.74, 6) is -0.105. The van der Waals surface area contributed by atoms with E-state index in [1.54, 1.807) is 16.9 Å². The first-order valence-corrected chi connectivity index (χ1v) is 5.24. The minimum atomic E-state index is -0.369. The van der Waals surface area contributed by atoms with Crippen molar-refractivity contribution in [3.8, 4) is 0 Å². The highest BCUT2D eigenvalue weighted by Gasteiger charge is 2.06. The monoisotopic (exact) mass is 259 g/mol. The maximum Gasteiger partial charge on any atom is 0.164 e. The highest BCUT2D eigenvalue weighted by molar-refractivity contribution is 6.32. The Labute approximate surface area is 102 Å². The van der Waals surface area contributed by atoms with Crippen LogP contribution in [0.4, 0.5) is 10.2 Å².